The molecule has 0 unspecified atom stereocenters. The average Bonchev–Trinajstić information content (AvgIpc) is 2.87. The van der Waals surface area contributed by atoms with Crippen molar-refractivity contribution in [1.29, 1.82) is 0 Å². The van der Waals surface area contributed by atoms with E-state index in [9.17, 15) is 19.5 Å². The van der Waals surface area contributed by atoms with Crippen molar-refractivity contribution in [1.82, 2.24) is 4.90 Å². The fraction of sp³-hybridized carbons (Fsp3) is 0.367. The summed E-state index contributed by atoms with van der Waals surface area (Å²) in [5, 5.41) is 11.3. The Balaban J connectivity index is 1.60. The number of carboxylic acids is 1. The van der Waals surface area contributed by atoms with Crippen LogP contribution in [0.1, 0.15) is 67.6 Å². The van der Waals surface area contributed by atoms with Gasteiger partial charge in [-0.15, -0.1) is 0 Å². The van der Waals surface area contributed by atoms with Crippen molar-refractivity contribution in [3.8, 4) is 5.75 Å². The first-order valence-corrected chi connectivity index (χ1v) is 12.7. The van der Waals surface area contributed by atoms with E-state index in [1.807, 2.05) is 60.4 Å². The third-order valence-electron chi connectivity index (χ3n) is 7.37. The van der Waals surface area contributed by atoms with Crippen LogP contribution in [0.15, 0.2) is 71.1 Å². The molecule has 5 rings (SSSR count). The fourth-order valence-electron chi connectivity index (χ4n) is 5.70. The minimum absolute atomic E-state index is 0.0259. The van der Waals surface area contributed by atoms with Gasteiger partial charge in [-0.2, -0.15) is 0 Å². The summed E-state index contributed by atoms with van der Waals surface area (Å²) in [5.74, 6) is -0.929. The summed E-state index contributed by atoms with van der Waals surface area (Å²) in [6, 6.07) is 15.8. The Bertz CT molecular complexity index is 1230. The number of nitrogens with zero attached hydrogens (tertiary/aromatic N) is 1. The maximum Gasteiger partial charge on any atom is 0.161 e. The van der Waals surface area contributed by atoms with Gasteiger partial charge in [0.05, 0.1) is 0 Å². The summed E-state index contributed by atoms with van der Waals surface area (Å²) >= 11 is 0. The summed E-state index contributed by atoms with van der Waals surface area (Å²) in [6.07, 6.45) is 3.49. The molecule has 6 heteroatoms. The van der Waals surface area contributed by atoms with Gasteiger partial charge in [-0.3, -0.25) is 9.59 Å². The molecule has 0 radical (unpaired) electrons. The average molecular weight is 485 g/mol. The fourth-order valence-corrected chi connectivity index (χ4v) is 5.70. The molecule has 0 amide bonds. The number of benzene rings is 2. The van der Waals surface area contributed by atoms with Crippen LogP contribution in [0.2, 0.25) is 0 Å². The van der Waals surface area contributed by atoms with E-state index in [4.69, 9.17) is 4.74 Å². The van der Waals surface area contributed by atoms with E-state index < -0.39 is 11.9 Å². The van der Waals surface area contributed by atoms with Crippen LogP contribution in [-0.4, -0.2) is 29.0 Å². The van der Waals surface area contributed by atoms with Crippen LogP contribution in [-0.2, 0) is 21.0 Å². The number of hydrogen-bond donors (Lipinski definition) is 0. The molecule has 0 fully saturated rings. The van der Waals surface area contributed by atoms with Gasteiger partial charge in [0.25, 0.3) is 0 Å². The number of rotatable bonds is 7. The van der Waals surface area contributed by atoms with Gasteiger partial charge in [0.1, 0.15) is 12.4 Å². The Labute approximate surface area is 211 Å². The van der Waals surface area contributed by atoms with Crippen molar-refractivity contribution in [3.05, 3.63) is 87.8 Å². The van der Waals surface area contributed by atoms with Crippen molar-refractivity contribution >= 4 is 17.5 Å². The quantitative estimate of drug-likeness (QED) is 0.587. The molecule has 0 bridgehead atoms. The Morgan fingerprint density at radius 3 is 2.14 bits per heavy atom. The number of ketones is 2. The van der Waals surface area contributed by atoms with E-state index in [-0.39, 0.29) is 24.5 Å². The van der Waals surface area contributed by atoms with E-state index in [1.54, 1.807) is 0 Å². The van der Waals surface area contributed by atoms with Crippen LogP contribution in [0.4, 0.5) is 0 Å². The van der Waals surface area contributed by atoms with E-state index in [0.29, 0.717) is 62.0 Å². The molecular weight excluding hydrogens is 454 g/mol. The monoisotopic (exact) mass is 484 g/mol. The highest BCUT2D eigenvalue weighted by Gasteiger charge is 2.43. The maximum atomic E-state index is 13.4. The minimum atomic E-state index is -1.14. The van der Waals surface area contributed by atoms with Gasteiger partial charge >= 0.3 is 0 Å². The highest BCUT2D eigenvalue weighted by molar-refractivity contribution is 6.06. The number of carboxylic acid groups (broad SMARTS) is 1. The van der Waals surface area contributed by atoms with Gasteiger partial charge in [0.15, 0.2) is 11.6 Å². The highest BCUT2D eigenvalue weighted by atomic mass is 16.5. The number of aryl methyl sites for hydroxylation is 1. The Morgan fingerprint density at radius 2 is 1.53 bits per heavy atom. The van der Waals surface area contributed by atoms with Crippen molar-refractivity contribution in [2.24, 2.45) is 0 Å². The SMILES string of the molecule is Cc1ccc(COc2ccccc2C2C3=C(CCCC3=O)N(CCC(=O)[O-])C3=C2C(=O)CCC3)cc1. The van der Waals surface area contributed by atoms with Gasteiger partial charge in [-0.25, -0.2) is 0 Å². The highest BCUT2D eigenvalue weighted by Crippen LogP contribution is 2.50. The second-order valence-corrected chi connectivity index (χ2v) is 9.79. The number of carbonyl (C=O) groups is 3. The number of ether oxygens (including phenoxy) is 1. The summed E-state index contributed by atoms with van der Waals surface area (Å²) in [5.41, 5.74) is 6.00. The number of allylic oxidation sites excluding steroid dienone is 4. The first-order valence-electron chi connectivity index (χ1n) is 12.7. The zero-order valence-corrected chi connectivity index (χ0v) is 20.5. The summed E-state index contributed by atoms with van der Waals surface area (Å²) in [4.78, 5) is 40.1. The first-order chi connectivity index (χ1) is 17.4. The molecule has 2 aromatic rings. The van der Waals surface area contributed by atoms with E-state index >= 15 is 0 Å². The van der Waals surface area contributed by atoms with Crippen LogP contribution < -0.4 is 9.84 Å². The van der Waals surface area contributed by atoms with Crippen LogP contribution in [0.5, 0.6) is 5.75 Å². The molecule has 0 spiro atoms. The normalized spacial score (nSPS) is 18.3. The minimum Gasteiger partial charge on any atom is -0.550 e. The van der Waals surface area contributed by atoms with Gasteiger partial charge in [0.2, 0.25) is 0 Å². The molecule has 2 aromatic carbocycles. The van der Waals surface area contributed by atoms with Crippen molar-refractivity contribution in [3.63, 3.8) is 0 Å². The molecule has 0 saturated carbocycles. The number of Topliss-reactive ketones (excluding diaryl/α,β-unsaturated/α-hetero) is 2. The zero-order chi connectivity index (χ0) is 25.2. The topological polar surface area (TPSA) is 86.7 Å². The number of carbonyl (C=O) groups excluding carboxylic acids is 3. The van der Waals surface area contributed by atoms with Gasteiger partial charge in [0, 0.05) is 65.8 Å². The molecule has 6 nitrogen and oxygen atoms in total. The van der Waals surface area contributed by atoms with Gasteiger partial charge in [-0.1, -0.05) is 48.0 Å². The molecule has 0 aromatic heterocycles. The lowest BCUT2D eigenvalue weighted by atomic mass is 9.70. The van der Waals surface area contributed by atoms with Crippen LogP contribution >= 0.6 is 0 Å². The van der Waals surface area contributed by atoms with E-state index in [2.05, 4.69) is 0 Å². The second-order valence-electron chi connectivity index (χ2n) is 9.79. The molecular formula is C30H30NO5-. The largest absolute Gasteiger partial charge is 0.550 e. The Morgan fingerprint density at radius 1 is 0.917 bits per heavy atom. The predicted molar refractivity (Wildman–Crippen MR) is 133 cm³/mol. The van der Waals surface area contributed by atoms with Gasteiger partial charge in [-0.05, 0) is 44.2 Å². The van der Waals surface area contributed by atoms with E-state index in [0.717, 1.165) is 22.5 Å². The maximum absolute atomic E-state index is 13.4. The third kappa shape index (κ3) is 4.60. The third-order valence-corrected chi connectivity index (χ3v) is 7.37. The lowest BCUT2D eigenvalue weighted by molar-refractivity contribution is -0.305. The van der Waals surface area contributed by atoms with Crippen LogP contribution in [0.25, 0.3) is 0 Å². The summed E-state index contributed by atoms with van der Waals surface area (Å²) < 4.78 is 6.28. The molecule has 0 N–H and O–H groups in total. The second kappa shape index (κ2) is 10.1. The predicted octanol–water partition coefficient (Wildman–Crippen LogP) is 4.13. The van der Waals surface area contributed by atoms with E-state index in [1.165, 1.54) is 5.56 Å². The number of aliphatic carboxylic acids is 1. The van der Waals surface area contributed by atoms with Crippen molar-refractivity contribution in [2.45, 2.75) is 64.4 Å². The summed E-state index contributed by atoms with van der Waals surface area (Å²) in [7, 11) is 0. The molecule has 3 aliphatic rings. The lowest BCUT2D eigenvalue weighted by Gasteiger charge is -2.44. The van der Waals surface area contributed by atoms with Crippen molar-refractivity contribution in [2.75, 3.05) is 6.54 Å². The zero-order valence-electron chi connectivity index (χ0n) is 20.5. The Kier molecular flexibility index (Phi) is 6.77. The molecule has 36 heavy (non-hydrogen) atoms. The first kappa shape index (κ1) is 24.0. The lowest BCUT2D eigenvalue weighted by Crippen LogP contribution is -2.40. The Hall–Kier alpha value is -3.67. The van der Waals surface area contributed by atoms with Crippen LogP contribution in [0.3, 0.4) is 0 Å². The van der Waals surface area contributed by atoms with Gasteiger partial charge < -0.3 is 19.5 Å². The molecule has 186 valence electrons. The summed E-state index contributed by atoms with van der Waals surface area (Å²) in [6.45, 7) is 2.62. The molecule has 0 atom stereocenters. The smallest absolute Gasteiger partial charge is 0.161 e. The molecule has 0 saturated heterocycles. The standard InChI is InChI=1S/C30H31NO5/c1-19-12-14-20(15-13-19)18-36-26-11-3-2-6-21(26)28-29-22(7-4-9-24(29)32)31(17-16-27(34)35)23-8-5-10-25(33)30(23)28/h2-3,6,11-15,28H,4-5,7-10,16-18H2,1H3,(H,34,35)/p-1. The molecule has 1 aliphatic heterocycles. The molecule has 1 heterocycles. The van der Waals surface area contributed by atoms with Crippen molar-refractivity contribution < 1.29 is 24.2 Å². The van der Waals surface area contributed by atoms with Crippen LogP contribution in [0, 0.1) is 6.92 Å². The molecule has 2 aliphatic carbocycles. The number of para-hydroxylation sites is 1. The number of hydrogen-bond acceptors (Lipinski definition) is 6.